The van der Waals surface area contributed by atoms with Gasteiger partial charge in [0.2, 0.25) is 53.2 Å². The van der Waals surface area contributed by atoms with E-state index < -0.39 is 201 Å². The number of aliphatic hydroxyl groups is 1. The van der Waals surface area contributed by atoms with Crippen LogP contribution in [0.25, 0.3) is 0 Å². The van der Waals surface area contributed by atoms with Gasteiger partial charge in [0.25, 0.3) is 0 Å². The van der Waals surface area contributed by atoms with Crippen LogP contribution in [0.1, 0.15) is 85.1 Å². The van der Waals surface area contributed by atoms with E-state index in [1.165, 1.54) is 13.8 Å². The van der Waals surface area contributed by atoms with Crippen molar-refractivity contribution in [3.8, 4) is 0 Å². The lowest BCUT2D eigenvalue weighted by atomic mass is 10.00. The minimum atomic E-state index is -5.08. The number of halogens is 3. The fourth-order valence-electron chi connectivity index (χ4n) is 6.53. The molecular weight excluding hydrogens is 1070 g/mol. The van der Waals surface area contributed by atoms with E-state index in [0.29, 0.717) is 5.56 Å². The van der Waals surface area contributed by atoms with Crippen LogP contribution in [0.5, 0.6) is 0 Å². The van der Waals surface area contributed by atoms with E-state index in [1.807, 2.05) is 0 Å². The molecule has 442 valence electrons. The minimum Gasteiger partial charge on any atom is -0.481 e. The number of rotatable bonds is 33. The number of amides is 9. The first-order valence-electron chi connectivity index (χ1n) is 23.8. The minimum absolute atomic E-state index is 0.175. The molecule has 79 heavy (non-hydrogen) atoms. The predicted octanol–water partition coefficient (Wildman–Crippen LogP) is -4.05. The van der Waals surface area contributed by atoms with Crippen molar-refractivity contribution in [3.63, 3.8) is 0 Å². The average molecular weight is 1140 g/mol. The molecule has 0 bridgehead atoms. The number of alkyl halides is 3. The van der Waals surface area contributed by atoms with Gasteiger partial charge in [0, 0.05) is 19.3 Å². The van der Waals surface area contributed by atoms with Crippen LogP contribution in [0, 0.1) is 11.8 Å². The second kappa shape index (κ2) is 34.3. The molecule has 9 amide bonds. The Morgan fingerprint density at radius 3 is 1.35 bits per heavy atom. The predicted molar refractivity (Wildman–Crippen MR) is 262 cm³/mol. The summed E-state index contributed by atoms with van der Waals surface area (Å²) in [4.78, 5) is 175. The Bertz CT molecular complexity index is 2340. The summed E-state index contributed by atoms with van der Waals surface area (Å²) in [5.74, 6) is -19.8. The summed E-state index contributed by atoms with van der Waals surface area (Å²) in [5.41, 5.74) is 11.4. The number of aliphatic carboxylic acids is 5. The van der Waals surface area contributed by atoms with Gasteiger partial charge in [-0.15, -0.1) is 0 Å². The maximum Gasteiger partial charge on any atom is 0.490 e. The topological polar surface area (TPSA) is 509 Å². The molecule has 0 fully saturated rings. The Labute approximate surface area is 448 Å². The van der Waals surface area contributed by atoms with Gasteiger partial charge >= 0.3 is 36.0 Å². The Kier molecular flexibility index (Phi) is 30.6. The number of carbonyl (C=O) groups is 14. The maximum atomic E-state index is 13.8. The van der Waals surface area contributed by atoms with Crippen molar-refractivity contribution in [1.29, 1.82) is 0 Å². The number of carboxylic acids is 5. The Morgan fingerprint density at radius 2 is 0.924 bits per heavy atom. The van der Waals surface area contributed by atoms with E-state index in [0.717, 1.165) is 6.92 Å². The van der Waals surface area contributed by atoms with Gasteiger partial charge in [0.15, 0.2) is 0 Å². The van der Waals surface area contributed by atoms with Crippen LogP contribution in [-0.4, -0.2) is 181 Å². The number of carboxylic acid groups (broad SMARTS) is 5. The SMILES string of the molecule is CC(C)C[C@H](NC(=O)[C@H](CC(N)=O)NC(=O)[C@@H](NC(=O)[C@H](CCC(=O)O)NC(=O)[C@@H](N)CO)C(C)C)C(=O)N[C@@H](CC(=O)O)C(=O)N[C@@H](C)C(=O)N[C@@H](CCC(=O)O)C(=O)N[C@@H](Cc1ccccc1)C(=O)O.O=C(O)C(F)(F)F. The zero-order chi connectivity index (χ0) is 61.1. The number of carbonyl (C=O) groups excluding carboxylic acids is 9. The highest BCUT2D eigenvalue weighted by atomic mass is 19.4. The Balaban J connectivity index is 0.00000809. The molecular formula is C46H67F3N10O20. The van der Waals surface area contributed by atoms with Crippen molar-refractivity contribution in [2.24, 2.45) is 23.3 Å². The number of aliphatic hydroxyl groups excluding tert-OH is 1. The molecule has 18 N–H and O–H groups in total. The van der Waals surface area contributed by atoms with E-state index in [1.54, 1.807) is 44.2 Å². The standard InChI is InChI=1S/C44H66N10O18.C2HF3O2/c1-20(2)15-27(50-42(69)28(17-31(46)56)52-43(70)35(21(3)4)54-39(66)26(12-14-33(59)60)49-37(64)24(45)19-55)41(68)51-29(18-34(61)62)40(67)47-22(5)36(63)48-25(11-13-32(57)58)38(65)53-30(44(71)72)16-23-9-7-6-8-10-23;3-2(4,5)1(6)7/h6-10,20-22,24-30,35,55H,11-19,45H2,1-5H3,(H2,46,56)(H,47,67)(H,48,63)(H,49,64)(H,50,69)(H,51,68)(H,52,70)(H,53,65)(H,54,66)(H,57,58)(H,59,60)(H,61,62)(H,71,72);(H,6,7)/t22-,24-,25-,26-,27-,28-,29-,30-,35-;/m0./s1. The number of hydrogen-bond acceptors (Lipinski definition) is 16. The first-order valence-corrected chi connectivity index (χ1v) is 23.8. The van der Waals surface area contributed by atoms with Crippen LogP contribution in [0.15, 0.2) is 30.3 Å². The molecule has 0 aliphatic carbocycles. The van der Waals surface area contributed by atoms with Crippen molar-refractivity contribution in [1.82, 2.24) is 42.5 Å². The van der Waals surface area contributed by atoms with Gasteiger partial charge in [0.05, 0.1) is 19.4 Å². The highest BCUT2D eigenvalue weighted by Crippen LogP contribution is 2.14. The van der Waals surface area contributed by atoms with Crippen molar-refractivity contribution in [3.05, 3.63) is 35.9 Å². The molecule has 0 spiro atoms. The van der Waals surface area contributed by atoms with E-state index >= 15 is 0 Å². The monoisotopic (exact) mass is 1140 g/mol. The first-order chi connectivity index (χ1) is 36.5. The molecule has 0 unspecified atom stereocenters. The van der Waals surface area contributed by atoms with Gasteiger partial charge in [-0.3, -0.25) is 57.5 Å². The second-order valence-electron chi connectivity index (χ2n) is 18.2. The van der Waals surface area contributed by atoms with Crippen LogP contribution in [0.3, 0.4) is 0 Å². The van der Waals surface area contributed by atoms with E-state index in [4.69, 9.17) is 26.5 Å². The molecule has 1 aromatic rings. The number of benzene rings is 1. The molecule has 1 aromatic carbocycles. The van der Waals surface area contributed by atoms with E-state index in [-0.39, 0.29) is 12.8 Å². The molecule has 0 aliphatic rings. The van der Waals surface area contributed by atoms with Crippen molar-refractivity contribution >= 4 is 83.0 Å². The molecule has 0 heterocycles. The van der Waals surface area contributed by atoms with Crippen LogP contribution < -0.4 is 54.0 Å². The lowest BCUT2D eigenvalue weighted by Crippen LogP contribution is -2.61. The smallest absolute Gasteiger partial charge is 0.481 e. The summed E-state index contributed by atoms with van der Waals surface area (Å²) < 4.78 is 31.7. The summed E-state index contributed by atoms with van der Waals surface area (Å²) in [5, 5.41) is 72.3. The highest BCUT2D eigenvalue weighted by Gasteiger charge is 2.39. The molecule has 0 saturated carbocycles. The number of nitrogens with one attached hydrogen (secondary N) is 8. The summed E-state index contributed by atoms with van der Waals surface area (Å²) in [7, 11) is 0. The molecule has 0 radical (unpaired) electrons. The zero-order valence-corrected chi connectivity index (χ0v) is 43.3. The van der Waals surface area contributed by atoms with Crippen LogP contribution in [0.2, 0.25) is 0 Å². The van der Waals surface area contributed by atoms with Crippen LogP contribution in [-0.2, 0) is 73.5 Å². The van der Waals surface area contributed by atoms with Crippen LogP contribution in [0.4, 0.5) is 13.2 Å². The third kappa shape index (κ3) is 28.5. The van der Waals surface area contributed by atoms with Gasteiger partial charge in [0.1, 0.15) is 54.4 Å². The van der Waals surface area contributed by atoms with Gasteiger partial charge < -0.3 is 84.6 Å². The molecule has 0 saturated heterocycles. The average Bonchev–Trinajstić information content (AvgIpc) is 3.33. The molecule has 30 nitrogen and oxygen atoms in total. The quantitative estimate of drug-likeness (QED) is 0.0318. The highest BCUT2D eigenvalue weighted by molar-refractivity contribution is 5.99. The Hall–Kier alpha value is -8.49. The van der Waals surface area contributed by atoms with Gasteiger partial charge in [-0.05, 0) is 43.6 Å². The summed E-state index contributed by atoms with van der Waals surface area (Å²) in [6, 6.07) is -6.54. The number of hydrogen-bond donors (Lipinski definition) is 16. The summed E-state index contributed by atoms with van der Waals surface area (Å²) in [6.45, 7) is 6.44. The molecule has 9 atom stereocenters. The van der Waals surface area contributed by atoms with Gasteiger partial charge in [-0.1, -0.05) is 58.0 Å². The fraction of sp³-hybridized carbons (Fsp3) is 0.565. The second-order valence-corrected chi connectivity index (χ2v) is 18.2. The normalized spacial score (nSPS) is 14.4. The maximum absolute atomic E-state index is 13.8. The third-order valence-corrected chi connectivity index (χ3v) is 10.6. The summed E-state index contributed by atoms with van der Waals surface area (Å²) in [6.07, 6.45) is -9.70. The van der Waals surface area contributed by atoms with Crippen molar-refractivity contribution < 1.29 is 111 Å². The molecule has 0 aliphatic heterocycles. The zero-order valence-electron chi connectivity index (χ0n) is 43.3. The van der Waals surface area contributed by atoms with Gasteiger partial charge in [-0.2, -0.15) is 13.2 Å². The first kappa shape index (κ1) is 70.5. The lowest BCUT2D eigenvalue weighted by Gasteiger charge is -2.28. The molecule has 33 heteroatoms. The number of primary amides is 1. The Morgan fingerprint density at radius 1 is 0.519 bits per heavy atom. The number of nitrogens with two attached hydrogens (primary N) is 2. The summed E-state index contributed by atoms with van der Waals surface area (Å²) >= 11 is 0. The fourth-order valence-corrected chi connectivity index (χ4v) is 6.53. The van der Waals surface area contributed by atoms with E-state index in [9.17, 15) is 95.9 Å². The van der Waals surface area contributed by atoms with Crippen molar-refractivity contribution in [2.75, 3.05) is 6.61 Å². The van der Waals surface area contributed by atoms with E-state index in [2.05, 4.69) is 42.5 Å². The van der Waals surface area contributed by atoms with Crippen molar-refractivity contribution in [2.45, 2.75) is 147 Å². The van der Waals surface area contributed by atoms with Gasteiger partial charge in [-0.25, -0.2) is 9.59 Å². The third-order valence-electron chi connectivity index (χ3n) is 10.6. The molecule has 0 aromatic heterocycles. The largest absolute Gasteiger partial charge is 0.490 e. The molecule has 1 rings (SSSR count). The van der Waals surface area contributed by atoms with Crippen LogP contribution >= 0.6 is 0 Å². The lowest BCUT2D eigenvalue weighted by molar-refractivity contribution is -0.192.